The fourth-order valence-corrected chi connectivity index (χ4v) is 3.51. The summed E-state index contributed by atoms with van der Waals surface area (Å²) in [7, 11) is 2.04. The van der Waals surface area contributed by atoms with Crippen molar-refractivity contribution < 1.29 is 9.18 Å². The molecule has 0 atom stereocenters. The molecule has 0 aliphatic carbocycles. The molecule has 0 unspecified atom stereocenters. The van der Waals surface area contributed by atoms with Crippen molar-refractivity contribution in [2.24, 2.45) is 0 Å². The van der Waals surface area contributed by atoms with E-state index in [2.05, 4.69) is 37.6 Å². The highest BCUT2D eigenvalue weighted by atomic mass is 19.1. The van der Waals surface area contributed by atoms with Gasteiger partial charge in [0.1, 0.15) is 11.6 Å². The van der Waals surface area contributed by atoms with Crippen LogP contribution in [0.5, 0.6) is 0 Å². The molecule has 6 nitrogen and oxygen atoms in total. The molecule has 0 bridgehead atoms. The monoisotopic (exact) mass is 455 g/mol. The van der Waals surface area contributed by atoms with E-state index in [9.17, 15) is 9.18 Å². The van der Waals surface area contributed by atoms with Gasteiger partial charge in [0.25, 0.3) is 5.91 Å². The van der Waals surface area contributed by atoms with E-state index in [-0.39, 0.29) is 11.7 Å². The molecular formula is C27H26FN5O. The van der Waals surface area contributed by atoms with E-state index >= 15 is 0 Å². The van der Waals surface area contributed by atoms with Crippen LogP contribution in [0, 0.1) is 5.82 Å². The third-order valence-corrected chi connectivity index (χ3v) is 5.29. The second-order valence-corrected chi connectivity index (χ2v) is 7.85. The molecule has 4 aromatic rings. The molecule has 1 heterocycles. The minimum absolute atomic E-state index is 0.130. The Morgan fingerprint density at radius 3 is 2.62 bits per heavy atom. The maximum absolute atomic E-state index is 13.5. The van der Waals surface area contributed by atoms with E-state index in [0.29, 0.717) is 29.3 Å². The van der Waals surface area contributed by atoms with Crippen molar-refractivity contribution in [1.82, 2.24) is 15.3 Å². The van der Waals surface area contributed by atoms with Gasteiger partial charge in [0, 0.05) is 48.8 Å². The number of aromatic nitrogens is 2. The fraction of sp³-hybridized carbons (Fsp3) is 0.148. The number of nitrogens with one attached hydrogen (secondary N) is 2. The highest BCUT2D eigenvalue weighted by Crippen LogP contribution is 2.20. The van der Waals surface area contributed by atoms with Crippen LogP contribution in [0.25, 0.3) is 11.4 Å². The molecule has 0 fully saturated rings. The first kappa shape index (κ1) is 22.9. The van der Waals surface area contributed by atoms with Gasteiger partial charge in [-0.3, -0.25) is 4.79 Å². The Labute approximate surface area is 198 Å². The Balaban J connectivity index is 1.33. The van der Waals surface area contributed by atoms with Gasteiger partial charge in [-0.15, -0.1) is 0 Å². The summed E-state index contributed by atoms with van der Waals surface area (Å²) < 4.78 is 13.5. The SMILES string of the molecule is CN(CCCNC(=O)c1cccc(Nc2ccnc(-c3cccc(F)c3)n2)c1)c1ccccc1. The summed E-state index contributed by atoms with van der Waals surface area (Å²) in [5, 5.41) is 6.17. The lowest BCUT2D eigenvalue weighted by atomic mass is 10.2. The summed E-state index contributed by atoms with van der Waals surface area (Å²) in [6, 6.07) is 25.2. The minimum atomic E-state index is -0.343. The van der Waals surface area contributed by atoms with Crippen molar-refractivity contribution >= 4 is 23.1 Å². The molecule has 3 aromatic carbocycles. The lowest BCUT2D eigenvalue weighted by Crippen LogP contribution is -2.28. The van der Waals surface area contributed by atoms with Gasteiger partial charge in [0.15, 0.2) is 5.82 Å². The minimum Gasteiger partial charge on any atom is -0.375 e. The van der Waals surface area contributed by atoms with E-state index in [1.807, 2.05) is 37.4 Å². The van der Waals surface area contributed by atoms with E-state index in [0.717, 1.165) is 24.3 Å². The lowest BCUT2D eigenvalue weighted by molar-refractivity contribution is 0.0953. The van der Waals surface area contributed by atoms with E-state index in [1.165, 1.54) is 12.1 Å². The summed E-state index contributed by atoms with van der Waals surface area (Å²) in [6.45, 7) is 1.42. The largest absolute Gasteiger partial charge is 0.375 e. The van der Waals surface area contributed by atoms with E-state index in [1.54, 1.807) is 36.5 Å². The van der Waals surface area contributed by atoms with Crippen LogP contribution in [-0.4, -0.2) is 36.0 Å². The first-order chi connectivity index (χ1) is 16.6. The van der Waals surface area contributed by atoms with E-state index in [4.69, 9.17) is 0 Å². The molecule has 0 saturated heterocycles. The zero-order chi connectivity index (χ0) is 23.8. The van der Waals surface area contributed by atoms with Crippen LogP contribution in [0.15, 0.2) is 91.1 Å². The molecule has 172 valence electrons. The molecule has 7 heteroatoms. The molecule has 1 amide bonds. The standard InChI is InChI=1S/C27H26FN5O/c1-33(24-12-3-2-4-13-24)17-7-15-30-27(34)21-9-6-11-23(19-21)31-25-14-16-29-26(32-25)20-8-5-10-22(28)18-20/h2-6,8-14,16,18-19H,7,15,17H2,1H3,(H,30,34)(H,29,31,32). The molecule has 0 aliphatic rings. The number of anilines is 3. The maximum atomic E-state index is 13.5. The Bertz CT molecular complexity index is 1250. The van der Waals surface area contributed by atoms with Crippen molar-refractivity contribution in [2.75, 3.05) is 30.4 Å². The lowest BCUT2D eigenvalue weighted by Gasteiger charge is -2.19. The van der Waals surface area contributed by atoms with Crippen LogP contribution in [0.2, 0.25) is 0 Å². The Hall–Kier alpha value is -4.26. The normalized spacial score (nSPS) is 10.5. The summed E-state index contributed by atoms with van der Waals surface area (Å²) in [5.74, 6) is 0.494. The molecular weight excluding hydrogens is 429 g/mol. The molecule has 0 spiro atoms. The number of halogens is 1. The number of rotatable bonds is 9. The van der Waals surface area contributed by atoms with Gasteiger partial charge in [-0.25, -0.2) is 14.4 Å². The molecule has 1 aromatic heterocycles. The highest BCUT2D eigenvalue weighted by Gasteiger charge is 2.08. The smallest absolute Gasteiger partial charge is 0.251 e. The van der Waals surface area contributed by atoms with Crippen molar-refractivity contribution in [1.29, 1.82) is 0 Å². The number of hydrogen-bond acceptors (Lipinski definition) is 5. The van der Waals surface area contributed by atoms with Crippen LogP contribution in [0.1, 0.15) is 16.8 Å². The molecule has 34 heavy (non-hydrogen) atoms. The van der Waals surface area contributed by atoms with Crippen molar-refractivity contribution in [3.05, 3.63) is 103 Å². The third kappa shape index (κ3) is 6.16. The first-order valence-electron chi connectivity index (χ1n) is 11.1. The molecule has 0 aliphatic heterocycles. The van der Waals surface area contributed by atoms with Gasteiger partial charge >= 0.3 is 0 Å². The Morgan fingerprint density at radius 1 is 0.971 bits per heavy atom. The predicted molar refractivity (Wildman–Crippen MR) is 134 cm³/mol. The van der Waals surface area contributed by atoms with E-state index < -0.39 is 0 Å². The number of carbonyl (C=O) groups excluding carboxylic acids is 1. The average molecular weight is 456 g/mol. The Morgan fingerprint density at radius 2 is 1.79 bits per heavy atom. The average Bonchev–Trinajstić information content (AvgIpc) is 2.87. The number of benzene rings is 3. The number of nitrogens with zero attached hydrogens (tertiary/aromatic N) is 3. The molecule has 4 rings (SSSR count). The summed E-state index contributed by atoms with van der Waals surface area (Å²) in [5.41, 5.74) is 3.02. The topological polar surface area (TPSA) is 70.2 Å². The highest BCUT2D eigenvalue weighted by molar-refractivity contribution is 5.95. The zero-order valence-electron chi connectivity index (χ0n) is 18.9. The van der Waals surface area contributed by atoms with Crippen LogP contribution in [-0.2, 0) is 0 Å². The Kier molecular flexibility index (Phi) is 7.45. The van der Waals surface area contributed by atoms with Crippen LogP contribution >= 0.6 is 0 Å². The van der Waals surface area contributed by atoms with Crippen LogP contribution in [0.3, 0.4) is 0 Å². The second-order valence-electron chi connectivity index (χ2n) is 7.85. The van der Waals surface area contributed by atoms with Gasteiger partial charge in [-0.2, -0.15) is 0 Å². The fourth-order valence-electron chi connectivity index (χ4n) is 3.51. The van der Waals surface area contributed by atoms with Gasteiger partial charge in [0.2, 0.25) is 0 Å². The van der Waals surface area contributed by atoms with Crippen molar-refractivity contribution in [2.45, 2.75) is 6.42 Å². The van der Waals surface area contributed by atoms with Crippen LogP contribution < -0.4 is 15.5 Å². The molecule has 0 radical (unpaired) electrons. The molecule has 0 saturated carbocycles. The second kappa shape index (κ2) is 11.0. The molecule has 2 N–H and O–H groups in total. The quantitative estimate of drug-likeness (QED) is 0.336. The summed E-state index contributed by atoms with van der Waals surface area (Å²) in [4.78, 5) is 23.5. The van der Waals surface area contributed by atoms with Crippen molar-refractivity contribution in [3.63, 3.8) is 0 Å². The number of para-hydroxylation sites is 1. The maximum Gasteiger partial charge on any atom is 0.251 e. The summed E-state index contributed by atoms with van der Waals surface area (Å²) >= 11 is 0. The van der Waals surface area contributed by atoms with Crippen LogP contribution in [0.4, 0.5) is 21.6 Å². The zero-order valence-corrected chi connectivity index (χ0v) is 18.9. The number of amides is 1. The first-order valence-corrected chi connectivity index (χ1v) is 11.1. The third-order valence-electron chi connectivity index (χ3n) is 5.29. The predicted octanol–water partition coefficient (Wildman–Crippen LogP) is 5.28. The van der Waals surface area contributed by atoms with Gasteiger partial charge in [-0.05, 0) is 55.0 Å². The van der Waals surface area contributed by atoms with Gasteiger partial charge < -0.3 is 15.5 Å². The number of hydrogen-bond donors (Lipinski definition) is 2. The van der Waals surface area contributed by atoms with Gasteiger partial charge in [0.05, 0.1) is 0 Å². The number of carbonyl (C=O) groups is 1. The van der Waals surface area contributed by atoms with Gasteiger partial charge in [-0.1, -0.05) is 36.4 Å². The summed E-state index contributed by atoms with van der Waals surface area (Å²) in [6.07, 6.45) is 2.44. The van der Waals surface area contributed by atoms with Crippen molar-refractivity contribution in [3.8, 4) is 11.4 Å².